The Kier molecular flexibility index (Phi) is 8.33. The van der Waals surface area contributed by atoms with Crippen LogP contribution >= 0.6 is 11.8 Å². The number of hydrogen-bond donors (Lipinski definition) is 1. The summed E-state index contributed by atoms with van der Waals surface area (Å²) in [6.07, 6.45) is 1.95. The maximum Gasteiger partial charge on any atom is 0.271 e. The molecule has 0 saturated carbocycles. The van der Waals surface area contributed by atoms with E-state index < -0.39 is 0 Å². The summed E-state index contributed by atoms with van der Waals surface area (Å²) in [5.74, 6) is 2.70. The molecule has 36 heavy (non-hydrogen) atoms. The molecular weight excluding hydrogens is 468 g/mol. The average molecular weight is 501 g/mol. The molecule has 6 nitrogen and oxygen atoms in total. The van der Waals surface area contributed by atoms with E-state index in [0.717, 1.165) is 62.1 Å². The third-order valence-corrected chi connectivity index (χ3v) is 7.70. The molecule has 2 heterocycles. The molecule has 186 valence electrons. The minimum absolute atomic E-state index is 0.216. The normalized spacial score (nSPS) is 17.1. The van der Waals surface area contributed by atoms with E-state index in [1.807, 2.05) is 60.3 Å². The number of rotatable bonds is 9. The summed E-state index contributed by atoms with van der Waals surface area (Å²) in [6, 6.07) is 26.2. The van der Waals surface area contributed by atoms with Crippen LogP contribution in [0.3, 0.4) is 0 Å². The van der Waals surface area contributed by atoms with E-state index >= 15 is 0 Å². The Balaban J connectivity index is 1.06. The summed E-state index contributed by atoms with van der Waals surface area (Å²) >= 11 is 1.89. The fourth-order valence-electron chi connectivity index (χ4n) is 4.34. The number of nitrogens with one attached hydrogen (secondary N) is 1. The van der Waals surface area contributed by atoms with Crippen molar-refractivity contribution in [1.82, 2.24) is 15.2 Å². The molecule has 0 aromatic heterocycles. The molecule has 0 unspecified atom stereocenters. The third-order valence-electron chi connectivity index (χ3n) is 6.48. The van der Waals surface area contributed by atoms with E-state index in [9.17, 15) is 4.79 Å². The van der Waals surface area contributed by atoms with Gasteiger partial charge in [0.15, 0.2) is 0 Å². The molecule has 1 amide bonds. The number of carbonyl (C=O) groups is 1. The second kappa shape index (κ2) is 12.2. The molecule has 0 radical (unpaired) electrons. The number of hydrazone groups is 1. The van der Waals surface area contributed by atoms with Crippen molar-refractivity contribution in [2.45, 2.75) is 19.2 Å². The van der Waals surface area contributed by atoms with Gasteiger partial charge in [-0.15, -0.1) is 0 Å². The topological polar surface area (TPSA) is 57.2 Å². The summed E-state index contributed by atoms with van der Waals surface area (Å²) in [7, 11) is 0. The van der Waals surface area contributed by atoms with Gasteiger partial charge >= 0.3 is 0 Å². The molecule has 2 aliphatic rings. The highest BCUT2D eigenvalue weighted by atomic mass is 32.2. The number of nitrogens with zero attached hydrogens (tertiary/aromatic N) is 3. The lowest BCUT2D eigenvalue weighted by Gasteiger charge is -2.34. The van der Waals surface area contributed by atoms with Gasteiger partial charge in [-0.25, -0.2) is 5.43 Å². The van der Waals surface area contributed by atoms with Gasteiger partial charge in [0.25, 0.3) is 5.91 Å². The molecule has 1 N–H and O–H groups in total. The number of benzene rings is 3. The van der Waals surface area contributed by atoms with Gasteiger partial charge < -0.3 is 4.74 Å². The average Bonchev–Trinajstić information content (AvgIpc) is 2.89. The van der Waals surface area contributed by atoms with Gasteiger partial charge in [0.1, 0.15) is 11.9 Å². The van der Waals surface area contributed by atoms with Crippen LogP contribution in [0.4, 0.5) is 0 Å². The van der Waals surface area contributed by atoms with Crippen LogP contribution in [0.25, 0.3) is 0 Å². The SMILES string of the molecule is O=C(N/N=C/c1cccc(OC2CSC2)c1)c1ccc(CN2CCN(Cc3ccccc3)CC2)cc1. The van der Waals surface area contributed by atoms with Crippen LogP contribution in [-0.2, 0) is 13.1 Å². The molecule has 7 heteroatoms. The Morgan fingerprint density at radius 2 is 1.56 bits per heavy atom. The first kappa shape index (κ1) is 24.6. The van der Waals surface area contributed by atoms with Crippen LogP contribution in [0.15, 0.2) is 84.0 Å². The highest BCUT2D eigenvalue weighted by Gasteiger charge is 2.20. The first-order valence-electron chi connectivity index (χ1n) is 12.5. The zero-order chi connectivity index (χ0) is 24.6. The summed E-state index contributed by atoms with van der Waals surface area (Å²) < 4.78 is 5.91. The highest BCUT2D eigenvalue weighted by Crippen LogP contribution is 2.24. The lowest BCUT2D eigenvalue weighted by molar-refractivity contribution is 0.0955. The van der Waals surface area contributed by atoms with Crippen LogP contribution in [0.5, 0.6) is 5.75 Å². The Morgan fingerprint density at radius 1 is 0.889 bits per heavy atom. The van der Waals surface area contributed by atoms with Crippen molar-refractivity contribution < 1.29 is 9.53 Å². The fraction of sp³-hybridized carbons (Fsp3) is 0.310. The minimum atomic E-state index is -0.216. The smallest absolute Gasteiger partial charge is 0.271 e. The van der Waals surface area contributed by atoms with Gasteiger partial charge in [-0.05, 0) is 41.0 Å². The Labute approximate surface area is 217 Å². The standard InChI is InChI=1S/C29H32N4O2S/c34-29(31-30-18-25-7-4-8-27(17-25)35-28-21-36-22-28)26-11-9-24(10-12-26)20-33-15-13-32(14-16-33)19-23-5-2-1-3-6-23/h1-12,17-18,28H,13-16,19-22H2,(H,31,34)/b30-18+. The first-order valence-corrected chi connectivity index (χ1v) is 13.6. The molecule has 3 aromatic carbocycles. The van der Waals surface area contributed by atoms with E-state index in [1.54, 1.807) is 6.21 Å². The van der Waals surface area contributed by atoms with Crippen LogP contribution in [0.1, 0.15) is 27.0 Å². The van der Waals surface area contributed by atoms with Gasteiger partial charge in [0.2, 0.25) is 0 Å². The van der Waals surface area contributed by atoms with Crippen LogP contribution in [0, 0.1) is 0 Å². The Morgan fingerprint density at radius 3 is 2.19 bits per heavy atom. The van der Waals surface area contributed by atoms with Crippen LogP contribution in [0.2, 0.25) is 0 Å². The van der Waals surface area contributed by atoms with Crippen molar-refractivity contribution in [1.29, 1.82) is 0 Å². The molecular formula is C29H32N4O2S. The highest BCUT2D eigenvalue weighted by molar-refractivity contribution is 8.00. The van der Waals surface area contributed by atoms with Crippen molar-refractivity contribution in [3.05, 3.63) is 101 Å². The van der Waals surface area contributed by atoms with E-state index in [-0.39, 0.29) is 5.91 Å². The molecule has 0 atom stereocenters. The van der Waals surface area contributed by atoms with Gasteiger partial charge in [0, 0.05) is 56.3 Å². The minimum Gasteiger partial charge on any atom is -0.489 e. The number of carbonyl (C=O) groups excluding carboxylic acids is 1. The monoisotopic (exact) mass is 500 g/mol. The molecule has 0 aliphatic carbocycles. The van der Waals surface area contributed by atoms with Crippen molar-refractivity contribution in [3.63, 3.8) is 0 Å². The van der Waals surface area contributed by atoms with E-state index in [0.29, 0.717) is 11.7 Å². The number of thioether (sulfide) groups is 1. The van der Waals surface area contributed by atoms with Gasteiger partial charge in [-0.3, -0.25) is 14.6 Å². The van der Waals surface area contributed by atoms with E-state index in [4.69, 9.17) is 4.74 Å². The zero-order valence-electron chi connectivity index (χ0n) is 20.4. The van der Waals surface area contributed by atoms with Gasteiger partial charge in [-0.2, -0.15) is 16.9 Å². The predicted octanol–water partition coefficient (Wildman–Crippen LogP) is 4.26. The molecule has 0 bridgehead atoms. The Bertz CT molecular complexity index is 1160. The van der Waals surface area contributed by atoms with Crippen molar-refractivity contribution in [2.75, 3.05) is 37.7 Å². The second-order valence-electron chi connectivity index (χ2n) is 9.28. The third kappa shape index (κ3) is 6.97. The summed E-state index contributed by atoms with van der Waals surface area (Å²) in [5.41, 5.74) is 6.70. The molecule has 2 saturated heterocycles. The zero-order valence-corrected chi connectivity index (χ0v) is 21.2. The van der Waals surface area contributed by atoms with Crippen LogP contribution < -0.4 is 10.2 Å². The van der Waals surface area contributed by atoms with E-state index in [2.05, 4.69) is 50.7 Å². The fourth-order valence-corrected chi connectivity index (χ4v) is 4.90. The maximum absolute atomic E-state index is 12.5. The van der Waals surface area contributed by atoms with Crippen molar-refractivity contribution in [2.24, 2.45) is 5.10 Å². The first-order chi connectivity index (χ1) is 17.7. The summed E-state index contributed by atoms with van der Waals surface area (Å²) in [4.78, 5) is 17.5. The number of piperazine rings is 1. The predicted molar refractivity (Wildman–Crippen MR) is 147 cm³/mol. The summed E-state index contributed by atoms with van der Waals surface area (Å²) in [6.45, 7) is 6.16. The number of amides is 1. The molecule has 2 aliphatic heterocycles. The van der Waals surface area contributed by atoms with Crippen LogP contribution in [-0.4, -0.2) is 65.7 Å². The maximum atomic E-state index is 12.5. The second-order valence-corrected chi connectivity index (χ2v) is 10.4. The molecule has 0 spiro atoms. The largest absolute Gasteiger partial charge is 0.489 e. The lowest BCUT2D eigenvalue weighted by Crippen LogP contribution is -2.45. The molecule has 5 rings (SSSR count). The lowest BCUT2D eigenvalue weighted by atomic mass is 10.1. The van der Waals surface area contributed by atoms with Crippen molar-refractivity contribution >= 4 is 23.9 Å². The molecule has 3 aromatic rings. The summed E-state index contributed by atoms with van der Waals surface area (Å²) in [5, 5.41) is 4.13. The van der Waals surface area contributed by atoms with Gasteiger partial charge in [0.05, 0.1) is 6.21 Å². The number of hydrogen-bond acceptors (Lipinski definition) is 6. The number of ether oxygens (including phenoxy) is 1. The van der Waals surface area contributed by atoms with Gasteiger partial charge in [-0.1, -0.05) is 54.6 Å². The Hall–Kier alpha value is -3.13. The van der Waals surface area contributed by atoms with E-state index in [1.165, 1.54) is 11.1 Å². The molecule has 2 fully saturated rings. The van der Waals surface area contributed by atoms with Crippen molar-refractivity contribution in [3.8, 4) is 5.75 Å². The quantitative estimate of drug-likeness (QED) is 0.351.